The lowest BCUT2D eigenvalue weighted by atomic mass is 9.82. The largest absolute Gasteiger partial charge is 0.480 e. The fraction of sp³-hybridized carbons (Fsp3) is 0.500. The fourth-order valence-electron chi connectivity index (χ4n) is 3.43. The number of ether oxygens (including phenoxy) is 1. The molecular weight excluding hydrogens is 356 g/mol. The molecule has 1 saturated carbocycles. The molecule has 1 aliphatic carbocycles. The van der Waals surface area contributed by atoms with E-state index in [0.29, 0.717) is 25.7 Å². The molecular formula is C18H22N2O5S. The molecule has 3 unspecified atom stereocenters. The number of nitrogens with one attached hydrogen (secondary N) is 1. The minimum Gasteiger partial charge on any atom is -0.480 e. The van der Waals surface area contributed by atoms with E-state index in [2.05, 4.69) is 5.32 Å². The molecule has 1 spiro atoms. The molecule has 0 aromatic heterocycles. The highest BCUT2D eigenvalue weighted by atomic mass is 32.2. The van der Waals surface area contributed by atoms with Crippen LogP contribution in [0.25, 0.3) is 0 Å². The number of carboxylic acids is 1. The molecule has 4 N–H and O–H groups in total. The van der Waals surface area contributed by atoms with Gasteiger partial charge in [0.1, 0.15) is 24.5 Å². The summed E-state index contributed by atoms with van der Waals surface area (Å²) in [7, 11) is 0. The zero-order valence-electron chi connectivity index (χ0n) is 14.2. The second-order valence-electron chi connectivity index (χ2n) is 6.70. The third-order valence-corrected chi connectivity index (χ3v) is 6.74. The van der Waals surface area contributed by atoms with Crippen molar-refractivity contribution in [3.63, 3.8) is 0 Å². The lowest BCUT2D eigenvalue weighted by Gasteiger charge is -2.35. The van der Waals surface area contributed by atoms with Crippen molar-refractivity contribution < 1.29 is 24.2 Å². The second-order valence-corrected chi connectivity index (χ2v) is 8.26. The summed E-state index contributed by atoms with van der Waals surface area (Å²) in [6.45, 7) is 0.146. The van der Waals surface area contributed by atoms with Crippen LogP contribution < -0.4 is 11.1 Å². The van der Waals surface area contributed by atoms with E-state index in [0.717, 1.165) is 5.56 Å². The maximum atomic E-state index is 12.7. The molecule has 2 aliphatic rings. The van der Waals surface area contributed by atoms with Crippen LogP contribution in [-0.4, -0.2) is 45.0 Å². The summed E-state index contributed by atoms with van der Waals surface area (Å²) in [5.74, 6) is -1.40. The number of carbonyl (C=O) groups excluding carboxylic acids is 2. The zero-order chi connectivity index (χ0) is 18.7. The molecule has 0 bridgehead atoms. The fourth-order valence-corrected chi connectivity index (χ4v) is 5.14. The molecule has 3 atom stereocenters. The Kier molecular flexibility index (Phi) is 5.64. The SMILES string of the molecule is NC(C(=O)O)C1NC(C(=O)OCc2ccccc2)C2(CCC(=O)CC2)S1. The van der Waals surface area contributed by atoms with Gasteiger partial charge in [0, 0.05) is 17.6 Å². The number of rotatable bonds is 5. The topological polar surface area (TPSA) is 119 Å². The van der Waals surface area contributed by atoms with Gasteiger partial charge in [0.2, 0.25) is 0 Å². The zero-order valence-corrected chi connectivity index (χ0v) is 15.0. The van der Waals surface area contributed by atoms with E-state index in [1.165, 1.54) is 11.8 Å². The van der Waals surface area contributed by atoms with Gasteiger partial charge in [-0.1, -0.05) is 30.3 Å². The number of hydrogen-bond acceptors (Lipinski definition) is 7. The van der Waals surface area contributed by atoms with E-state index in [-0.39, 0.29) is 12.4 Å². The van der Waals surface area contributed by atoms with E-state index in [4.69, 9.17) is 10.5 Å². The number of hydrogen-bond donors (Lipinski definition) is 3. The number of nitrogens with two attached hydrogens (primary N) is 1. The van der Waals surface area contributed by atoms with Crippen molar-refractivity contribution in [2.45, 2.75) is 54.5 Å². The van der Waals surface area contributed by atoms with Crippen LogP contribution in [0.3, 0.4) is 0 Å². The summed E-state index contributed by atoms with van der Waals surface area (Å²) < 4.78 is 4.91. The quantitative estimate of drug-likeness (QED) is 0.651. The summed E-state index contributed by atoms with van der Waals surface area (Å²) in [6, 6.07) is 7.52. The molecule has 3 rings (SSSR count). The standard InChI is InChI=1S/C18H22N2O5S/c19-13(16(22)23)15-20-14(18(26-15)8-6-12(21)7-9-18)17(24)25-10-11-4-2-1-3-5-11/h1-5,13-15,20H,6-10,19H2,(H,22,23). The van der Waals surface area contributed by atoms with Crippen LogP contribution in [0.15, 0.2) is 30.3 Å². The highest BCUT2D eigenvalue weighted by Crippen LogP contribution is 2.48. The van der Waals surface area contributed by atoms with Crippen LogP contribution in [0.1, 0.15) is 31.2 Å². The van der Waals surface area contributed by atoms with Crippen LogP contribution >= 0.6 is 11.8 Å². The monoisotopic (exact) mass is 378 g/mol. The molecule has 1 aromatic rings. The Balaban J connectivity index is 1.73. The van der Waals surface area contributed by atoms with E-state index in [9.17, 15) is 19.5 Å². The second kappa shape index (κ2) is 7.77. The van der Waals surface area contributed by atoms with Gasteiger partial charge in [-0.3, -0.25) is 19.7 Å². The Hall–Kier alpha value is -1.90. The predicted octanol–water partition coefficient (Wildman–Crippen LogP) is 1.05. The maximum absolute atomic E-state index is 12.7. The van der Waals surface area contributed by atoms with E-state index < -0.39 is 34.1 Å². The summed E-state index contributed by atoms with van der Waals surface area (Å²) in [5.41, 5.74) is 6.64. The van der Waals surface area contributed by atoms with Crippen LogP contribution in [0.2, 0.25) is 0 Å². The molecule has 0 radical (unpaired) electrons. The van der Waals surface area contributed by atoms with Gasteiger partial charge in [0.25, 0.3) is 0 Å². The lowest BCUT2D eigenvalue weighted by Crippen LogP contribution is -2.53. The first-order valence-electron chi connectivity index (χ1n) is 8.56. The number of aliphatic carboxylic acids is 1. The molecule has 26 heavy (non-hydrogen) atoms. The van der Waals surface area contributed by atoms with E-state index >= 15 is 0 Å². The number of thioether (sulfide) groups is 1. The van der Waals surface area contributed by atoms with Crippen molar-refractivity contribution in [1.29, 1.82) is 0 Å². The van der Waals surface area contributed by atoms with E-state index in [1.54, 1.807) is 0 Å². The molecule has 8 heteroatoms. The average molecular weight is 378 g/mol. The highest BCUT2D eigenvalue weighted by molar-refractivity contribution is 8.01. The van der Waals surface area contributed by atoms with Crippen molar-refractivity contribution in [3.05, 3.63) is 35.9 Å². The molecule has 0 amide bonds. The maximum Gasteiger partial charge on any atom is 0.324 e. The lowest BCUT2D eigenvalue weighted by molar-refractivity contribution is -0.149. The van der Waals surface area contributed by atoms with E-state index in [1.807, 2.05) is 30.3 Å². The smallest absolute Gasteiger partial charge is 0.324 e. The van der Waals surface area contributed by atoms with Crippen LogP contribution in [0.4, 0.5) is 0 Å². The Labute approximate surface area is 155 Å². The van der Waals surface area contributed by atoms with Gasteiger partial charge in [-0.05, 0) is 18.4 Å². The van der Waals surface area contributed by atoms with Crippen LogP contribution in [0.5, 0.6) is 0 Å². The normalized spacial score (nSPS) is 25.8. The molecule has 7 nitrogen and oxygen atoms in total. The summed E-state index contributed by atoms with van der Waals surface area (Å²) in [4.78, 5) is 35.6. The van der Waals surface area contributed by atoms with Crippen molar-refractivity contribution in [2.75, 3.05) is 0 Å². The van der Waals surface area contributed by atoms with Gasteiger partial charge in [0.15, 0.2) is 0 Å². The highest BCUT2D eigenvalue weighted by Gasteiger charge is 2.55. The molecule has 140 valence electrons. The van der Waals surface area contributed by atoms with Gasteiger partial charge in [-0.2, -0.15) is 0 Å². The Morgan fingerprint density at radius 1 is 1.31 bits per heavy atom. The Bertz CT molecular complexity index is 686. The van der Waals surface area contributed by atoms with Gasteiger partial charge in [-0.25, -0.2) is 0 Å². The molecule has 2 fully saturated rings. The third kappa shape index (κ3) is 3.92. The number of carboxylic acid groups (broad SMARTS) is 1. The van der Waals surface area contributed by atoms with Crippen molar-refractivity contribution in [2.24, 2.45) is 5.73 Å². The molecule has 1 aliphatic heterocycles. The van der Waals surface area contributed by atoms with Gasteiger partial charge < -0.3 is 15.6 Å². The third-order valence-electron chi connectivity index (χ3n) is 4.94. The first-order chi connectivity index (χ1) is 12.4. The Morgan fingerprint density at radius 3 is 2.58 bits per heavy atom. The first-order valence-corrected chi connectivity index (χ1v) is 9.44. The van der Waals surface area contributed by atoms with Crippen LogP contribution in [-0.2, 0) is 25.7 Å². The summed E-state index contributed by atoms with van der Waals surface area (Å²) in [6.07, 6.45) is 1.78. The van der Waals surface area contributed by atoms with Crippen LogP contribution in [0, 0.1) is 0 Å². The summed E-state index contributed by atoms with van der Waals surface area (Å²) >= 11 is 1.36. The predicted molar refractivity (Wildman–Crippen MR) is 96.4 cm³/mol. The number of benzene rings is 1. The minimum atomic E-state index is -1.14. The first kappa shape index (κ1) is 18.9. The van der Waals surface area contributed by atoms with Crippen molar-refractivity contribution in [3.8, 4) is 0 Å². The van der Waals surface area contributed by atoms with Gasteiger partial charge in [0.05, 0.1) is 5.37 Å². The van der Waals surface area contributed by atoms with Gasteiger partial charge in [-0.15, -0.1) is 11.8 Å². The summed E-state index contributed by atoms with van der Waals surface area (Å²) in [5, 5.41) is 11.7. The average Bonchev–Trinajstić information content (AvgIpc) is 3.02. The minimum absolute atomic E-state index is 0.146. The number of Topliss-reactive ketones (excluding diaryl/α,β-unsaturated/α-hetero) is 1. The number of ketones is 1. The van der Waals surface area contributed by atoms with Crippen molar-refractivity contribution in [1.82, 2.24) is 5.32 Å². The number of carbonyl (C=O) groups is 3. The van der Waals surface area contributed by atoms with Gasteiger partial charge >= 0.3 is 11.9 Å². The molecule has 1 aromatic carbocycles. The molecule has 1 heterocycles. The Morgan fingerprint density at radius 2 is 1.96 bits per heavy atom. The number of esters is 1. The molecule has 1 saturated heterocycles. The van der Waals surface area contributed by atoms with Crippen molar-refractivity contribution >= 4 is 29.5 Å².